The zero-order valence-electron chi connectivity index (χ0n) is 11.7. The van der Waals surface area contributed by atoms with Gasteiger partial charge in [0.05, 0.1) is 0 Å². The van der Waals surface area contributed by atoms with Crippen molar-refractivity contribution in [3.8, 4) is 0 Å². The Morgan fingerprint density at radius 2 is 1.89 bits per heavy atom. The summed E-state index contributed by atoms with van der Waals surface area (Å²) in [5, 5.41) is 2.96. The molecular formula is C12H27IN4O. The second kappa shape index (κ2) is 12.9. The van der Waals surface area contributed by atoms with Gasteiger partial charge in [-0.25, -0.2) is 0 Å². The van der Waals surface area contributed by atoms with Crippen LogP contribution >= 0.6 is 24.0 Å². The summed E-state index contributed by atoms with van der Waals surface area (Å²) in [4.78, 5) is 17.6. The molecule has 0 aliphatic rings. The molecule has 0 aromatic rings. The number of guanidine groups is 1. The molecule has 0 unspecified atom stereocenters. The van der Waals surface area contributed by atoms with Crippen LogP contribution in [-0.4, -0.2) is 42.9 Å². The van der Waals surface area contributed by atoms with Crippen LogP contribution in [0.5, 0.6) is 0 Å². The smallest absolute Gasteiger partial charge is 0.224 e. The van der Waals surface area contributed by atoms with Crippen LogP contribution in [0.2, 0.25) is 0 Å². The minimum Gasteiger partial charge on any atom is -0.370 e. The summed E-state index contributed by atoms with van der Waals surface area (Å²) in [5.41, 5.74) is 5.66. The zero-order chi connectivity index (χ0) is 13.1. The largest absolute Gasteiger partial charge is 0.370 e. The van der Waals surface area contributed by atoms with Gasteiger partial charge in [0.25, 0.3) is 0 Å². The van der Waals surface area contributed by atoms with Crippen molar-refractivity contribution < 1.29 is 4.79 Å². The standard InChI is InChI=1S/C12H26N4O.HI/c1-4-7-9-14-12(13)15-10-8-11(17)16(5-2)6-3;/h4-10H2,1-3H3,(H3,13,14,15);1H. The molecule has 5 nitrogen and oxygen atoms in total. The quantitative estimate of drug-likeness (QED) is 0.295. The Kier molecular flexibility index (Phi) is 14.2. The van der Waals surface area contributed by atoms with E-state index in [0.717, 1.165) is 32.5 Å². The van der Waals surface area contributed by atoms with Crippen LogP contribution in [0.3, 0.4) is 0 Å². The van der Waals surface area contributed by atoms with Crippen LogP contribution in [0, 0.1) is 0 Å². The molecule has 0 atom stereocenters. The number of nitrogens with one attached hydrogen (secondary N) is 1. The molecule has 0 spiro atoms. The van der Waals surface area contributed by atoms with Gasteiger partial charge in [-0.1, -0.05) is 13.3 Å². The number of carbonyl (C=O) groups is 1. The molecule has 0 heterocycles. The maximum atomic E-state index is 11.7. The monoisotopic (exact) mass is 370 g/mol. The van der Waals surface area contributed by atoms with Crippen molar-refractivity contribution >= 4 is 35.8 Å². The van der Waals surface area contributed by atoms with Crippen LogP contribution in [0.15, 0.2) is 4.99 Å². The number of rotatable bonds is 8. The lowest BCUT2D eigenvalue weighted by Gasteiger charge is -2.18. The molecule has 0 fully saturated rings. The van der Waals surface area contributed by atoms with Crippen molar-refractivity contribution in [1.82, 2.24) is 10.2 Å². The molecule has 0 bridgehead atoms. The number of nitrogens with two attached hydrogens (primary N) is 1. The summed E-state index contributed by atoms with van der Waals surface area (Å²) in [6, 6.07) is 0. The maximum Gasteiger partial charge on any atom is 0.224 e. The van der Waals surface area contributed by atoms with Crippen molar-refractivity contribution in [1.29, 1.82) is 0 Å². The van der Waals surface area contributed by atoms with Crippen molar-refractivity contribution in [3.63, 3.8) is 0 Å². The van der Waals surface area contributed by atoms with Crippen molar-refractivity contribution in [2.45, 2.75) is 40.0 Å². The highest BCUT2D eigenvalue weighted by atomic mass is 127. The first-order chi connectivity index (χ1) is 8.15. The molecular weight excluding hydrogens is 343 g/mol. The van der Waals surface area contributed by atoms with Crippen LogP contribution in [0.25, 0.3) is 0 Å². The minimum absolute atomic E-state index is 0. The molecule has 0 rings (SSSR count). The number of unbranched alkanes of at least 4 members (excludes halogenated alkanes) is 1. The predicted molar refractivity (Wildman–Crippen MR) is 87.4 cm³/mol. The van der Waals surface area contributed by atoms with E-state index in [2.05, 4.69) is 17.2 Å². The van der Waals surface area contributed by atoms with Gasteiger partial charge in [-0.05, 0) is 20.3 Å². The lowest BCUT2D eigenvalue weighted by Crippen LogP contribution is -2.37. The first-order valence-corrected chi connectivity index (χ1v) is 6.47. The first kappa shape index (κ1) is 19.8. The lowest BCUT2D eigenvalue weighted by molar-refractivity contribution is -0.130. The highest BCUT2D eigenvalue weighted by Gasteiger charge is 2.08. The Balaban J connectivity index is 0. The molecule has 0 aliphatic carbocycles. The van der Waals surface area contributed by atoms with E-state index in [4.69, 9.17) is 5.73 Å². The van der Waals surface area contributed by atoms with Gasteiger partial charge in [0.2, 0.25) is 5.91 Å². The maximum absolute atomic E-state index is 11.7. The minimum atomic E-state index is 0. The van der Waals surface area contributed by atoms with Gasteiger partial charge in [-0.15, -0.1) is 24.0 Å². The van der Waals surface area contributed by atoms with Gasteiger partial charge in [0.15, 0.2) is 5.96 Å². The van der Waals surface area contributed by atoms with Crippen molar-refractivity contribution in [3.05, 3.63) is 0 Å². The van der Waals surface area contributed by atoms with Crippen molar-refractivity contribution in [2.75, 3.05) is 26.2 Å². The van der Waals surface area contributed by atoms with Crippen LogP contribution in [0.1, 0.15) is 40.0 Å². The highest BCUT2D eigenvalue weighted by molar-refractivity contribution is 14.0. The summed E-state index contributed by atoms with van der Waals surface area (Å²) in [6.45, 7) is 8.90. The Hall–Kier alpha value is -0.530. The number of halogens is 1. The average Bonchev–Trinajstić information content (AvgIpc) is 2.31. The molecule has 0 aromatic heterocycles. The van der Waals surface area contributed by atoms with Gasteiger partial charge < -0.3 is 16.0 Å². The van der Waals surface area contributed by atoms with E-state index in [0.29, 0.717) is 18.9 Å². The first-order valence-electron chi connectivity index (χ1n) is 6.47. The average molecular weight is 370 g/mol. The van der Waals surface area contributed by atoms with Gasteiger partial charge in [-0.2, -0.15) is 0 Å². The van der Waals surface area contributed by atoms with Gasteiger partial charge >= 0.3 is 0 Å². The second-order valence-corrected chi connectivity index (χ2v) is 3.86. The molecule has 0 aromatic carbocycles. The molecule has 3 N–H and O–H groups in total. The van der Waals surface area contributed by atoms with Crippen LogP contribution < -0.4 is 11.1 Å². The Bertz CT molecular complexity index is 242. The third-order valence-electron chi connectivity index (χ3n) is 2.55. The highest BCUT2D eigenvalue weighted by Crippen LogP contribution is 1.92. The number of amides is 1. The summed E-state index contributed by atoms with van der Waals surface area (Å²) in [7, 11) is 0. The molecule has 0 aliphatic heterocycles. The van der Waals surface area contributed by atoms with Crippen LogP contribution in [0.4, 0.5) is 0 Å². The zero-order valence-corrected chi connectivity index (χ0v) is 14.1. The predicted octanol–water partition coefficient (Wildman–Crippen LogP) is 1.57. The SMILES string of the molecule is CCCCN=C(N)NCCC(=O)N(CC)CC.I. The Morgan fingerprint density at radius 3 is 2.39 bits per heavy atom. The number of hydrogen-bond donors (Lipinski definition) is 2. The summed E-state index contributed by atoms with van der Waals surface area (Å²) >= 11 is 0. The molecule has 1 amide bonds. The van der Waals surface area contributed by atoms with E-state index in [-0.39, 0.29) is 29.9 Å². The number of nitrogens with zero attached hydrogens (tertiary/aromatic N) is 2. The van der Waals surface area contributed by atoms with E-state index >= 15 is 0 Å². The summed E-state index contributed by atoms with van der Waals surface area (Å²) in [6.07, 6.45) is 2.61. The number of aliphatic imine (C=N–C) groups is 1. The lowest BCUT2D eigenvalue weighted by atomic mass is 10.3. The van der Waals surface area contributed by atoms with E-state index in [1.807, 2.05) is 18.7 Å². The Labute approximate surface area is 128 Å². The van der Waals surface area contributed by atoms with E-state index < -0.39 is 0 Å². The van der Waals surface area contributed by atoms with Gasteiger partial charge in [0, 0.05) is 32.6 Å². The summed E-state index contributed by atoms with van der Waals surface area (Å²) < 4.78 is 0. The normalized spacial score (nSPS) is 10.7. The fourth-order valence-electron chi connectivity index (χ4n) is 1.45. The molecule has 0 saturated carbocycles. The van der Waals surface area contributed by atoms with Gasteiger partial charge in [-0.3, -0.25) is 9.79 Å². The van der Waals surface area contributed by atoms with Crippen molar-refractivity contribution in [2.24, 2.45) is 10.7 Å². The molecule has 18 heavy (non-hydrogen) atoms. The van der Waals surface area contributed by atoms with Crippen LogP contribution in [-0.2, 0) is 4.79 Å². The fraction of sp³-hybridized carbons (Fsp3) is 0.833. The number of carbonyl (C=O) groups excluding carboxylic acids is 1. The van der Waals surface area contributed by atoms with E-state index in [1.54, 1.807) is 0 Å². The van der Waals surface area contributed by atoms with E-state index in [9.17, 15) is 4.79 Å². The second-order valence-electron chi connectivity index (χ2n) is 3.86. The molecule has 108 valence electrons. The summed E-state index contributed by atoms with van der Waals surface area (Å²) in [5.74, 6) is 0.592. The topological polar surface area (TPSA) is 70.7 Å². The molecule has 0 radical (unpaired) electrons. The molecule has 0 saturated heterocycles. The van der Waals surface area contributed by atoms with E-state index in [1.165, 1.54) is 0 Å². The Morgan fingerprint density at radius 1 is 1.28 bits per heavy atom. The third kappa shape index (κ3) is 9.49. The third-order valence-corrected chi connectivity index (χ3v) is 2.55. The molecule has 6 heteroatoms. The number of hydrogen-bond acceptors (Lipinski definition) is 2. The van der Waals surface area contributed by atoms with Gasteiger partial charge in [0.1, 0.15) is 0 Å². The fourth-order valence-corrected chi connectivity index (χ4v) is 1.45.